The first-order valence-electron chi connectivity index (χ1n) is 8.67. The minimum absolute atomic E-state index is 0.0939. The fourth-order valence-electron chi connectivity index (χ4n) is 3.26. The first kappa shape index (κ1) is 15.9. The van der Waals surface area contributed by atoms with Crippen molar-refractivity contribution in [2.24, 2.45) is 13.0 Å². The van der Waals surface area contributed by atoms with E-state index >= 15 is 0 Å². The van der Waals surface area contributed by atoms with Crippen molar-refractivity contribution in [1.82, 2.24) is 33.7 Å². The van der Waals surface area contributed by atoms with Crippen molar-refractivity contribution in [1.29, 1.82) is 0 Å². The Morgan fingerprint density at radius 1 is 1.33 bits per heavy atom. The fraction of sp³-hybridized carbons (Fsp3) is 0.353. The molecule has 1 fully saturated rings. The molecule has 0 amide bonds. The summed E-state index contributed by atoms with van der Waals surface area (Å²) in [5.41, 5.74) is 3.82. The molecule has 1 aliphatic heterocycles. The number of hydrogen-bond donors (Lipinski definition) is 1. The predicted molar refractivity (Wildman–Crippen MR) is 98.1 cm³/mol. The maximum Gasteiger partial charge on any atom is 0.330 e. The van der Waals surface area contributed by atoms with Crippen LogP contribution in [0.3, 0.4) is 0 Å². The summed E-state index contributed by atoms with van der Waals surface area (Å²) in [5, 5.41) is 7.38. The van der Waals surface area contributed by atoms with Gasteiger partial charge in [0.05, 0.1) is 31.3 Å². The first-order valence-corrected chi connectivity index (χ1v) is 8.67. The van der Waals surface area contributed by atoms with Crippen LogP contribution in [-0.4, -0.2) is 46.9 Å². The van der Waals surface area contributed by atoms with Crippen LogP contribution in [0.5, 0.6) is 0 Å². The molecule has 1 N–H and O–H groups in total. The second-order valence-electron chi connectivity index (χ2n) is 6.82. The molecule has 0 bridgehead atoms. The third-order valence-electron chi connectivity index (χ3n) is 4.90. The van der Waals surface area contributed by atoms with Crippen LogP contribution >= 0.6 is 0 Å². The van der Waals surface area contributed by atoms with Crippen molar-refractivity contribution >= 4 is 28.4 Å². The molecule has 138 valence electrons. The molecule has 27 heavy (non-hydrogen) atoms. The molecular weight excluding hydrogens is 348 g/mol. The van der Waals surface area contributed by atoms with Crippen LogP contribution in [0.15, 0.2) is 29.6 Å². The van der Waals surface area contributed by atoms with Crippen LogP contribution in [0.1, 0.15) is 5.56 Å². The summed E-state index contributed by atoms with van der Waals surface area (Å²) >= 11 is 0. The zero-order valence-electron chi connectivity index (χ0n) is 15.0. The lowest BCUT2D eigenvalue weighted by Gasteiger charge is -2.25. The van der Waals surface area contributed by atoms with Crippen molar-refractivity contribution < 1.29 is 4.74 Å². The van der Waals surface area contributed by atoms with Crippen LogP contribution in [0.2, 0.25) is 0 Å². The zero-order chi connectivity index (χ0) is 18.5. The number of aryl methyl sites for hydroxylation is 2. The second kappa shape index (κ2) is 5.88. The highest BCUT2D eigenvalue weighted by molar-refractivity contribution is 5.73. The molecule has 1 aliphatic rings. The second-order valence-corrected chi connectivity index (χ2v) is 6.82. The smallest absolute Gasteiger partial charge is 0.330 e. The highest BCUT2D eigenvalue weighted by Gasteiger charge is 2.23. The van der Waals surface area contributed by atoms with Crippen LogP contribution in [0.4, 0.5) is 11.6 Å². The summed E-state index contributed by atoms with van der Waals surface area (Å²) in [6.45, 7) is 3.92. The van der Waals surface area contributed by atoms with E-state index in [0.29, 0.717) is 42.8 Å². The van der Waals surface area contributed by atoms with E-state index in [2.05, 4.69) is 25.4 Å². The zero-order valence-corrected chi connectivity index (χ0v) is 15.0. The summed E-state index contributed by atoms with van der Waals surface area (Å²) in [6.07, 6.45) is 5.02. The van der Waals surface area contributed by atoms with E-state index in [9.17, 15) is 4.79 Å². The van der Waals surface area contributed by atoms with Crippen molar-refractivity contribution in [3.05, 3.63) is 40.8 Å². The summed E-state index contributed by atoms with van der Waals surface area (Å²) in [7, 11) is 1.73. The van der Waals surface area contributed by atoms with Crippen molar-refractivity contribution in [3.8, 4) is 0 Å². The largest absolute Gasteiger partial charge is 0.381 e. The Bertz CT molecular complexity index is 1220. The predicted octanol–water partition coefficient (Wildman–Crippen LogP) is 0.871. The van der Waals surface area contributed by atoms with E-state index < -0.39 is 0 Å². The molecule has 4 aromatic heterocycles. The molecule has 0 unspecified atom stereocenters. The van der Waals surface area contributed by atoms with E-state index in [1.54, 1.807) is 26.9 Å². The Labute approximate surface area is 153 Å². The Kier molecular flexibility index (Phi) is 3.47. The van der Waals surface area contributed by atoms with Gasteiger partial charge in [-0.15, -0.1) is 0 Å². The standard InChI is InChI=1S/C17H18N8O2/c1-10-3-14-19-9-20-25(14)6-12(10)21-16-18-4-13-15(22-16)24(17(26)23(13)2)5-11-7-27-8-11/h3-4,6,9,11H,5,7-8H2,1-2H3,(H,18,21,22). The summed E-state index contributed by atoms with van der Waals surface area (Å²) in [6, 6.07) is 1.93. The first-order chi connectivity index (χ1) is 13.1. The quantitative estimate of drug-likeness (QED) is 0.571. The van der Waals surface area contributed by atoms with E-state index in [1.165, 1.54) is 6.33 Å². The van der Waals surface area contributed by atoms with Gasteiger partial charge in [-0.25, -0.2) is 19.3 Å². The Morgan fingerprint density at radius 2 is 2.19 bits per heavy atom. The third-order valence-corrected chi connectivity index (χ3v) is 4.90. The Balaban J connectivity index is 1.55. The SMILES string of the molecule is Cc1cc2ncnn2cc1Nc1ncc2c(n1)n(CC1COC1)c(=O)n2C. The van der Waals surface area contributed by atoms with Gasteiger partial charge in [0.25, 0.3) is 0 Å². The average Bonchev–Trinajstić information content (AvgIpc) is 3.15. The lowest BCUT2D eigenvalue weighted by atomic mass is 10.1. The minimum atomic E-state index is -0.0939. The number of nitrogens with zero attached hydrogens (tertiary/aromatic N) is 7. The fourth-order valence-corrected chi connectivity index (χ4v) is 3.26. The van der Waals surface area contributed by atoms with Crippen LogP contribution in [0, 0.1) is 12.8 Å². The lowest BCUT2D eigenvalue weighted by Crippen LogP contribution is -2.35. The molecular formula is C17H18N8O2. The van der Waals surface area contributed by atoms with E-state index in [-0.39, 0.29) is 5.69 Å². The van der Waals surface area contributed by atoms with Gasteiger partial charge in [0, 0.05) is 19.5 Å². The molecule has 5 rings (SSSR count). The molecule has 10 nitrogen and oxygen atoms in total. The van der Waals surface area contributed by atoms with Gasteiger partial charge < -0.3 is 10.1 Å². The van der Waals surface area contributed by atoms with Crippen LogP contribution in [0.25, 0.3) is 16.8 Å². The van der Waals surface area contributed by atoms with E-state index in [0.717, 1.165) is 16.9 Å². The van der Waals surface area contributed by atoms with Crippen molar-refractivity contribution in [2.75, 3.05) is 18.5 Å². The number of pyridine rings is 1. The molecule has 0 aromatic carbocycles. The van der Waals surface area contributed by atoms with Crippen molar-refractivity contribution in [3.63, 3.8) is 0 Å². The molecule has 0 radical (unpaired) electrons. The monoisotopic (exact) mass is 366 g/mol. The number of imidazole rings is 1. The molecule has 0 saturated carbocycles. The van der Waals surface area contributed by atoms with Gasteiger partial charge in [-0.2, -0.15) is 10.1 Å². The summed E-state index contributed by atoms with van der Waals surface area (Å²) in [4.78, 5) is 25.7. The number of ether oxygens (including phenoxy) is 1. The molecule has 0 spiro atoms. The number of nitrogens with one attached hydrogen (secondary N) is 1. The molecule has 1 saturated heterocycles. The number of rotatable bonds is 4. The van der Waals surface area contributed by atoms with Gasteiger partial charge in [-0.3, -0.25) is 9.13 Å². The highest BCUT2D eigenvalue weighted by atomic mass is 16.5. The number of fused-ring (bicyclic) bond motifs is 2. The third kappa shape index (κ3) is 2.56. The van der Waals surface area contributed by atoms with Gasteiger partial charge in [0.2, 0.25) is 5.95 Å². The summed E-state index contributed by atoms with van der Waals surface area (Å²) < 4.78 is 10.2. The normalized spacial score (nSPS) is 14.7. The maximum absolute atomic E-state index is 12.6. The lowest BCUT2D eigenvalue weighted by molar-refractivity contribution is -0.0394. The van der Waals surface area contributed by atoms with E-state index in [4.69, 9.17) is 4.74 Å². The molecule has 10 heteroatoms. The van der Waals surface area contributed by atoms with Crippen LogP contribution < -0.4 is 11.0 Å². The average molecular weight is 366 g/mol. The molecule has 5 heterocycles. The Morgan fingerprint density at radius 3 is 2.96 bits per heavy atom. The number of aromatic nitrogens is 7. The minimum Gasteiger partial charge on any atom is -0.381 e. The molecule has 0 aliphatic carbocycles. The number of anilines is 2. The maximum atomic E-state index is 12.6. The highest BCUT2D eigenvalue weighted by Crippen LogP contribution is 2.21. The van der Waals surface area contributed by atoms with Gasteiger partial charge in [-0.05, 0) is 18.6 Å². The summed E-state index contributed by atoms with van der Waals surface area (Å²) in [5.74, 6) is 0.769. The van der Waals surface area contributed by atoms with Gasteiger partial charge >= 0.3 is 5.69 Å². The van der Waals surface area contributed by atoms with E-state index in [1.807, 2.05) is 19.2 Å². The van der Waals surface area contributed by atoms with Crippen molar-refractivity contribution in [2.45, 2.75) is 13.5 Å². The molecule has 4 aromatic rings. The number of hydrogen-bond acceptors (Lipinski definition) is 7. The topological polar surface area (TPSA) is 104 Å². The van der Waals surface area contributed by atoms with Gasteiger partial charge in [0.1, 0.15) is 11.8 Å². The van der Waals surface area contributed by atoms with Gasteiger partial charge in [-0.1, -0.05) is 0 Å². The van der Waals surface area contributed by atoms with Gasteiger partial charge in [0.15, 0.2) is 11.3 Å². The van der Waals surface area contributed by atoms with Crippen LogP contribution in [-0.2, 0) is 18.3 Å². The Hall–Kier alpha value is -3.27. The molecule has 0 atom stereocenters.